The zero-order chi connectivity index (χ0) is 26.1. The first-order valence-electron chi connectivity index (χ1n) is 9.31. The Morgan fingerprint density at radius 2 is 1.53 bits per heavy atom. The van der Waals surface area contributed by atoms with E-state index in [2.05, 4.69) is 4.99 Å². The smallest absolute Gasteiger partial charge is 0.435 e. The molecule has 1 amide bonds. The Hall–Kier alpha value is -2.73. The van der Waals surface area contributed by atoms with Crippen molar-refractivity contribution in [1.82, 2.24) is 0 Å². The van der Waals surface area contributed by atoms with Crippen LogP contribution in [0.3, 0.4) is 0 Å². The highest BCUT2D eigenvalue weighted by atomic mass is 127. The maximum atomic E-state index is 14.2. The number of alkyl halides is 7. The summed E-state index contributed by atoms with van der Waals surface area (Å²) >= 11 is 1.83. The lowest BCUT2D eigenvalue weighted by Crippen LogP contribution is -2.86. The number of benzene rings is 2. The van der Waals surface area contributed by atoms with Crippen molar-refractivity contribution in [2.24, 2.45) is 0 Å². The zero-order valence-corrected chi connectivity index (χ0v) is 19.6. The molecule has 0 aliphatic heterocycles. The summed E-state index contributed by atoms with van der Waals surface area (Å²) < 4.78 is 92.0. The van der Waals surface area contributed by atoms with Gasteiger partial charge < -0.3 is 5.11 Å². The summed E-state index contributed by atoms with van der Waals surface area (Å²) in [5.74, 6) is -1.23. The first kappa shape index (κ1) is 27.5. The van der Waals surface area contributed by atoms with Crippen molar-refractivity contribution in [2.75, 3.05) is 0 Å². The second-order valence-corrected chi connectivity index (χ2v) is 8.82. The van der Waals surface area contributed by atoms with E-state index in [9.17, 15) is 40.6 Å². The molecule has 0 aliphatic carbocycles. The number of hydrogen-bond donors (Lipinski definition) is 3. The lowest BCUT2D eigenvalue weighted by atomic mass is 9.94. The van der Waals surface area contributed by atoms with Gasteiger partial charge in [0.1, 0.15) is 17.3 Å². The molecule has 4 N–H and O–H groups in total. The number of nitrogens with zero attached hydrogens (tertiary/aromatic N) is 1. The van der Waals surface area contributed by atoms with Crippen LogP contribution in [0.15, 0.2) is 42.5 Å². The van der Waals surface area contributed by atoms with Crippen molar-refractivity contribution >= 4 is 40.1 Å². The minimum absolute atomic E-state index is 0.0428. The number of aliphatic hydroxyl groups is 1. The number of nitrogens with one attached hydrogen (secondary N) is 1. The molecule has 2 aromatic rings. The normalized spacial score (nSPS) is 13.5. The monoisotopic (exact) mass is 603 g/mol. The highest BCUT2D eigenvalue weighted by Crippen LogP contribution is 2.53. The number of carbonyl (C=O) groups is 1. The number of hydrogen-bond acceptors (Lipinski definition) is 2. The molecule has 182 valence electrons. The van der Waals surface area contributed by atoms with Crippen LogP contribution in [0.2, 0.25) is 0 Å². The number of carbonyl (C=O) groups excluding carboxylic acids is 1. The van der Waals surface area contributed by atoms with Gasteiger partial charge >= 0.3 is 29.8 Å². The van der Waals surface area contributed by atoms with Gasteiger partial charge in [-0.1, -0.05) is 6.07 Å². The predicted octanol–water partition coefficient (Wildman–Crippen LogP) is 3.30. The number of nitriles is 1. The van der Waals surface area contributed by atoms with Crippen molar-refractivity contribution in [1.29, 1.82) is 5.26 Å². The van der Waals surface area contributed by atoms with Gasteiger partial charge in [0.25, 0.3) is 0 Å². The van der Waals surface area contributed by atoms with E-state index in [0.29, 0.717) is 15.7 Å². The van der Waals surface area contributed by atoms with Crippen LogP contribution in [-0.2, 0) is 5.67 Å². The zero-order valence-electron chi connectivity index (χ0n) is 17.4. The van der Waals surface area contributed by atoms with Gasteiger partial charge in [0.15, 0.2) is 0 Å². The average Bonchev–Trinajstić information content (AvgIpc) is 2.71. The highest BCUT2D eigenvalue weighted by Gasteiger charge is 2.73. The van der Waals surface area contributed by atoms with Crippen molar-refractivity contribution in [3.63, 3.8) is 0 Å². The number of quaternary nitrogens is 1. The van der Waals surface area contributed by atoms with E-state index in [1.54, 1.807) is 6.07 Å². The van der Waals surface area contributed by atoms with Gasteiger partial charge in [0.2, 0.25) is 5.54 Å². The molecule has 0 unspecified atom stereocenters. The van der Waals surface area contributed by atoms with Gasteiger partial charge in [-0.2, -0.15) is 36.6 Å². The molecule has 0 bridgehead atoms. The van der Waals surface area contributed by atoms with Crippen LogP contribution in [0.1, 0.15) is 35.3 Å². The van der Waals surface area contributed by atoms with Crippen molar-refractivity contribution < 1.29 is 50.9 Å². The van der Waals surface area contributed by atoms with E-state index >= 15 is 0 Å². The Labute approximate surface area is 202 Å². The van der Waals surface area contributed by atoms with Crippen LogP contribution in [0.4, 0.5) is 36.4 Å². The average molecular weight is 603 g/mol. The summed E-state index contributed by atoms with van der Waals surface area (Å²) in [5.41, 5.74) is -8.57. The first-order chi connectivity index (χ1) is 15.4. The molecule has 2 aromatic carbocycles. The second kappa shape index (κ2) is 9.49. The molecule has 0 fully saturated rings. The van der Waals surface area contributed by atoms with Crippen molar-refractivity contribution in [3.8, 4) is 6.07 Å². The Balaban J connectivity index is 2.42. The van der Waals surface area contributed by atoms with Crippen LogP contribution in [0.25, 0.3) is 0 Å². The molecular formula is C21H17F7IN3O2+2. The molecule has 0 saturated carbocycles. The standard InChI is InChI=1S/C21H15F7IN3O2/c1-18(2,10-30)32-17(34)15-13(4-3-5-14(15)29)16(33)31-12-8-6-11(7-9-12)19(22,20(23,24)25)21(26,27)28/h3-9H,1-2H3,(H,31,33)(H,32,34)/p+2. The summed E-state index contributed by atoms with van der Waals surface area (Å²) in [6.07, 6.45) is -12.5. The second-order valence-electron chi connectivity index (χ2n) is 7.66. The number of primary amides is 1. The van der Waals surface area contributed by atoms with E-state index in [4.69, 9.17) is 5.26 Å². The third-order valence-corrected chi connectivity index (χ3v) is 5.51. The fourth-order valence-corrected chi connectivity index (χ4v) is 3.64. The van der Waals surface area contributed by atoms with Crippen molar-refractivity contribution in [2.45, 2.75) is 37.4 Å². The number of rotatable bonds is 5. The first-order valence-corrected chi connectivity index (χ1v) is 10.4. The van der Waals surface area contributed by atoms with Crippen LogP contribution in [0, 0.1) is 14.9 Å². The third kappa shape index (κ3) is 5.49. The van der Waals surface area contributed by atoms with E-state index in [-0.39, 0.29) is 16.8 Å². The van der Waals surface area contributed by atoms with Crippen LogP contribution in [0.5, 0.6) is 0 Å². The van der Waals surface area contributed by atoms with Gasteiger partial charge in [-0.3, -0.25) is 0 Å². The molecular weight excluding hydrogens is 586 g/mol. The molecule has 0 aromatic heterocycles. The largest absolute Gasteiger partial charge is 0.460 e. The summed E-state index contributed by atoms with van der Waals surface area (Å²) in [6.45, 7) is 2.95. The number of amides is 1. The predicted molar refractivity (Wildman–Crippen MR) is 114 cm³/mol. The molecule has 0 atom stereocenters. The summed E-state index contributed by atoms with van der Waals surface area (Å²) in [5, 5.41) is 20.5. The Kier molecular flexibility index (Phi) is 7.68. The number of aliphatic hydroxyl groups excluding tert-OH is 1. The van der Waals surface area contributed by atoms with Crippen LogP contribution in [-0.4, -0.2) is 34.8 Å². The third-order valence-electron chi connectivity index (χ3n) is 4.61. The van der Waals surface area contributed by atoms with Gasteiger partial charge in [-0.05, 0) is 59.0 Å². The SMILES string of the molecule is CC(C)(C#N)[NH+]=C(O)c1c(I)cccc1C(=O)[NH2+]c1ccc(C(F)(C(F)(F)F)C(F)(F)F)cc1. The molecule has 5 nitrogen and oxygen atoms in total. The minimum atomic E-state index is -6.25. The number of nitrogens with two attached hydrogens (primary N) is 1. The van der Waals surface area contributed by atoms with Gasteiger partial charge in [0.05, 0.1) is 5.56 Å². The molecule has 34 heavy (non-hydrogen) atoms. The summed E-state index contributed by atoms with van der Waals surface area (Å²) in [7, 11) is 0. The Morgan fingerprint density at radius 1 is 1.00 bits per heavy atom. The van der Waals surface area contributed by atoms with Crippen LogP contribution < -0.4 is 10.3 Å². The van der Waals surface area contributed by atoms with E-state index in [1.807, 2.05) is 28.7 Å². The van der Waals surface area contributed by atoms with Gasteiger partial charge in [0, 0.05) is 23.0 Å². The Bertz CT molecular complexity index is 1140. The molecule has 0 radical (unpaired) electrons. The Morgan fingerprint density at radius 3 is 2.00 bits per heavy atom. The molecule has 0 saturated heterocycles. The van der Waals surface area contributed by atoms with Crippen LogP contribution >= 0.6 is 22.6 Å². The van der Waals surface area contributed by atoms with E-state index in [0.717, 1.165) is 17.4 Å². The van der Waals surface area contributed by atoms with Crippen molar-refractivity contribution in [3.05, 3.63) is 62.7 Å². The summed E-state index contributed by atoms with van der Waals surface area (Å²) in [6, 6.07) is 8.39. The number of halogens is 8. The maximum Gasteiger partial charge on any atom is 0.435 e. The molecule has 0 heterocycles. The van der Waals surface area contributed by atoms with E-state index < -0.39 is 40.9 Å². The molecule has 2 rings (SSSR count). The lowest BCUT2D eigenvalue weighted by Gasteiger charge is -2.30. The fraction of sp³-hybridized carbons (Fsp3) is 0.286. The lowest BCUT2D eigenvalue weighted by molar-refractivity contribution is -0.532. The fourth-order valence-electron chi connectivity index (χ4n) is 2.88. The molecule has 0 aliphatic rings. The topological polar surface area (TPSA) is 91.7 Å². The summed E-state index contributed by atoms with van der Waals surface area (Å²) in [4.78, 5) is 15.4. The molecule has 13 heteroatoms. The maximum absolute atomic E-state index is 14.2. The van der Waals surface area contributed by atoms with E-state index in [1.165, 1.54) is 26.0 Å². The highest BCUT2D eigenvalue weighted by molar-refractivity contribution is 14.1. The van der Waals surface area contributed by atoms with Gasteiger partial charge in [-0.15, -0.1) is 0 Å². The van der Waals surface area contributed by atoms with Gasteiger partial charge in [-0.25, -0.2) is 14.5 Å². The molecule has 0 spiro atoms. The minimum Gasteiger partial charge on any atom is -0.460 e. The quantitative estimate of drug-likeness (QED) is 0.161.